The van der Waals surface area contributed by atoms with E-state index in [-0.39, 0.29) is 24.3 Å². The van der Waals surface area contributed by atoms with Crippen LogP contribution in [0.15, 0.2) is 60.7 Å². The number of aryl methyl sites for hydroxylation is 2. The van der Waals surface area contributed by atoms with E-state index < -0.39 is 0 Å². The monoisotopic (exact) mass is 487 g/mol. The molecule has 0 spiro atoms. The van der Waals surface area contributed by atoms with Gasteiger partial charge < -0.3 is 14.9 Å². The van der Waals surface area contributed by atoms with Gasteiger partial charge in [0.2, 0.25) is 0 Å². The number of benzene rings is 3. The summed E-state index contributed by atoms with van der Waals surface area (Å²) < 4.78 is 18.8. The van der Waals surface area contributed by atoms with Crippen molar-refractivity contribution in [2.75, 3.05) is 26.3 Å². The number of alkyl halides is 1. The highest BCUT2D eigenvalue weighted by molar-refractivity contribution is 6.01. The van der Waals surface area contributed by atoms with Crippen molar-refractivity contribution in [3.8, 4) is 17.2 Å². The summed E-state index contributed by atoms with van der Waals surface area (Å²) in [6.45, 7) is 4.42. The molecule has 2 aliphatic rings. The lowest BCUT2D eigenvalue weighted by atomic mass is 9.87. The molecule has 0 radical (unpaired) electrons. The highest BCUT2D eigenvalue weighted by Gasteiger charge is 2.25. The summed E-state index contributed by atoms with van der Waals surface area (Å²) >= 11 is 0. The van der Waals surface area contributed by atoms with Crippen LogP contribution in [0.5, 0.6) is 17.2 Å². The van der Waals surface area contributed by atoms with Crippen molar-refractivity contribution in [3.05, 3.63) is 88.5 Å². The van der Waals surface area contributed by atoms with Crippen LogP contribution in [0.25, 0.3) is 11.1 Å². The third-order valence-corrected chi connectivity index (χ3v) is 7.29. The highest BCUT2D eigenvalue weighted by Crippen LogP contribution is 2.43. The Labute approximate surface area is 212 Å². The minimum atomic E-state index is -0.272. The maximum Gasteiger partial charge on any atom is 0.126 e. The molecular weight excluding hydrogens is 453 g/mol. The van der Waals surface area contributed by atoms with Crippen LogP contribution in [0.1, 0.15) is 53.5 Å². The zero-order valence-electron chi connectivity index (χ0n) is 20.8. The van der Waals surface area contributed by atoms with Gasteiger partial charge in [0.15, 0.2) is 0 Å². The van der Waals surface area contributed by atoms with Crippen LogP contribution >= 0.6 is 0 Å². The Morgan fingerprint density at radius 3 is 2.56 bits per heavy atom. The number of halogens is 1. The average Bonchev–Trinajstić information content (AvgIpc) is 3.22. The molecule has 0 amide bonds. The van der Waals surface area contributed by atoms with Gasteiger partial charge in [0.05, 0.1) is 6.67 Å². The summed E-state index contributed by atoms with van der Waals surface area (Å²) in [4.78, 5) is 2.27. The molecule has 3 aromatic rings. The quantitative estimate of drug-likeness (QED) is 0.399. The van der Waals surface area contributed by atoms with Gasteiger partial charge in [-0.25, -0.2) is 0 Å². The summed E-state index contributed by atoms with van der Waals surface area (Å²) in [6, 6.07) is 19.7. The molecule has 0 saturated carbocycles. The van der Waals surface area contributed by atoms with Gasteiger partial charge in [0.25, 0.3) is 0 Å². The molecule has 1 fully saturated rings. The first kappa shape index (κ1) is 24.4. The van der Waals surface area contributed by atoms with Crippen LogP contribution in [0.3, 0.4) is 0 Å². The van der Waals surface area contributed by atoms with Crippen molar-refractivity contribution >= 4 is 11.1 Å². The lowest BCUT2D eigenvalue weighted by Gasteiger charge is -2.19. The Bertz CT molecular complexity index is 1250. The van der Waals surface area contributed by atoms with E-state index in [4.69, 9.17) is 4.74 Å². The fourth-order valence-corrected chi connectivity index (χ4v) is 5.56. The molecule has 0 bridgehead atoms. The fraction of sp³-hybridized carbons (Fsp3) is 0.355. The molecule has 4 nitrogen and oxygen atoms in total. The third-order valence-electron chi connectivity index (χ3n) is 7.29. The predicted molar refractivity (Wildman–Crippen MR) is 142 cm³/mol. The molecule has 1 aliphatic heterocycles. The van der Waals surface area contributed by atoms with Crippen LogP contribution < -0.4 is 4.74 Å². The molecule has 0 aromatic heterocycles. The van der Waals surface area contributed by atoms with Crippen LogP contribution in [0, 0.1) is 6.92 Å². The SMILES string of the molecule is Cc1ccc2c(c1)CCCC(c1ccc(O)cc1O)=C2c1ccc(O[C@H]2CCN(CCCF)C2)cc1. The number of allylic oxidation sites excluding steroid dienone is 1. The summed E-state index contributed by atoms with van der Waals surface area (Å²) in [6.07, 6.45) is 4.45. The number of aromatic hydroxyl groups is 2. The Morgan fingerprint density at radius 1 is 0.972 bits per heavy atom. The minimum absolute atomic E-state index is 0.0553. The van der Waals surface area contributed by atoms with E-state index in [1.165, 1.54) is 22.8 Å². The van der Waals surface area contributed by atoms with E-state index in [0.29, 0.717) is 6.42 Å². The minimum Gasteiger partial charge on any atom is -0.508 e. The fourth-order valence-electron chi connectivity index (χ4n) is 5.56. The van der Waals surface area contributed by atoms with Gasteiger partial charge in [-0.15, -0.1) is 0 Å². The predicted octanol–water partition coefficient (Wildman–Crippen LogP) is 6.51. The van der Waals surface area contributed by atoms with E-state index in [1.807, 2.05) is 18.2 Å². The molecule has 0 unspecified atom stereocenters. The maximum atomic E-state index is 12.5. The van der Waals surface area contributed by atoms with Crippen molar-refractivity contribution in [3.63, 3.8) is 0 Å². The summed E-state index contributed by atoms with van der Waals surface area (Å²) in [7, 11) is 0. The molecule has 1 saturated heterocycles. The molecule has 1 aliphatic carbocycles. The number of rotatable bonds is 7. The van der Waals surface area contributed by atoms with Crippen LogP contribution in [0.4, 0.5) is 4.39 Å². The van der Waals surface area contributed by atoms with Gasteiger partial charge in [-0.05, 0) is 91.1 Å². The molecule has 188 valence electrons. The Kier molecular flexibility index (Phi) is 7.28. The first-order valence-corrected chi connectivity index (χ1v) is 12.9. The van der Waals surface area contributed by atoms with Crippen molar-refractivity contribution < 1.29 is 19.3 Å². The van der Waals surface area contributed by atoms with Gasteiger partial charge in [0, 0.05) is 31.3 Å². The average molecular weight is 488 g/mol. The van der Waals surface area contributed by atoms with Crippen molar-refractivity contribution in [2.24, 2.45) is 0 Å². The van der Waals surface area contributed by atoms with E-state index in [1.54, 1.807) is 6.07 Å². The first-order valence-electron chi connectivity index (χ1n) is 12.9. The van der Waals surface area contributed by atoms with Crippen LogP contribution in [-0.4, -0.2) is 47.5 Å². The van der Waals surface area contributed by atoms with E-state index in [2.05, 4.69) is 42.2 Å². The number of fused-ring (bicyclic) bond motifs is 1. The normalized spacial score (nSPS) is 18.2. The number of likely N-dealkylation sites (tertiary alicyclic amines) is 1. The second-order valence-corrected chi connectivity index (χ2v) is 9.97. The number of ether oxygens (including phenoxy) is 1. The zero-order valence-corrected chi connectivity index (χ0v) is 20.8. The molecule has 36 heavy (non-hydrogen) atoms. The largest absolute Gasteiger partial charge is 0.508 e. The smallest absolute Gasteiger partial charge is 0.126 e. The topological polar surface area (TPSA) is 52.9 Å². The second kappa shape index (κ2) is 10.8. The third kappa shape index (κ3) is 5.26. The first-order chi connectivity index (χ1) is 17.5. The summed E-state index contributed by atoms with van der Waals surface area (Å²) in [5, 5.41) is 20.6. The molecule has 5 heteroatoms. The number of nitrogens with zero attached hydrogens (tertiary/aromatic N) is 1. The number of hydrogen-bond acceptors (Lipinski definition) is 4. The van der Waals surface area contributed by atoms with Gasteiger partial charge in [-0.3, -0.25) is 9.29 Å². The Morgan fingerprint density at radius 2 is 1.78 bits per heavy atom. The summed E-state index contributed by atoms with van der Waals surface area (Å²) in [5.41, 5.74) is 7.79. The Hall–Kier alpha value is -3.31. The van der Waals surface area contributed by atoms with Crippen molar-refractivity contribution in [2.45, 2.75) is 45.1 Å². The molecule has 3 aromatic carbocycles. The van der Waals surface area contributed by atoms with Gasteiger partial charge in [-0.1, -0.05) is 35.9 Å². The molecule has 1 heterocycles. The molecule has 2 N–H and O–H groups in total. The Balaban J connectivity index is 1.49. The highest BCUT2D eigenvalue weighted by atomic mass is 19.1. The lowest BCUT2D eigenvalue weighted by Crippen LogP contribution is -2.26. The van der Waals surface area contributed by atoms with E-state index in [0.717, 1.165) is 73.3 Å². The van der Waals surface area contributed by atoms with Gasteiger partial charge >= 0.3 is 0 Å². The van der Waals surface area contributed by atoms with E-state index in [9.17, 15) is 14.6 Å². The van der Waals surface area contributed by atoms with E-state index >= 15 is 0 Å². The van der Waals surface area contributed by atoms with Crippen LogP contribution in [0.2, 0.25) is 0 Å². The number of phenols is 2. The van der Waals surface area contributed by atoms with Crippen molar-refractivity contribution in [1.29, 1.82) is 0 Å². The summed E-state index contributed by atoms with van der Waals surface area (Å²) in [5.74, 6) is 0.986. The zero-order chi connectivity index (χ0) is 25.1. The molecule has 5 rings (SSSR count). The van der Waals surface area contributed by atoms with Gasteiger partial charge in [-0.2, -0.15) is 0 Å². The standard InChI is InChI=1S/C31H34FNO3/c1-21-6-12-27-23(18-21)4-2-5-29(28-13-9-24(34)19-30(28)35)31(27)22-7-10-25(11-8-22)36-26-14-17-33(20-26)16-3-15-32/h6-13,18-19,26,34-35H,2-5,14-17,20H2,1H3/t26-/m0/s1. The molecular formula is C31H34FNO3. The van der Waals surface area contributed by atoms with Gasteiger partial charge in [0.1, 0.15) is 23.4 Å². The maximum absolute atomic E-state index is 12.5. The number of hydrogen-bond donors (Lipinski definition) is 2. The number of phenolic OH excluding ortho intramolecular Hbond substituents is 2. The van der Waals surface area contributed by atoms with Crippen molar-refractivity contribution in [1.82, 2.24) is 4.90 Å². The van der Waals surface area contributed by atoms with Crippen LogP contribution in [-0.2, 0) is 6.42 Å². The second-order valence-electron chi connectivity index (χ2n) is 9.97. The molecule has 1 atom stereocenters. The lowest BCUT2D eigenvalue weighted by molar-refractivity contribution is 0.198.